The van der Waals surface area contributed by atoms with Gasteiger partial charge in [-0.05, 0) is 11.6 Å². The second-order valence-electron chi connectivity index (χ2n) is 6.16. The van der Waals surface area contributed by atoms with Crippen molar-refractivity contribution in [3.8, 4) is 0 Å². The van der Waals surface area contributed by atoms with E-state index in [0.29, 0.717) is 16.6 Å². The SMILES string of the molecule is O=C1CSC(=S)N1/N=C\c1cn(Cc2ccc([N+](=O)[O-])cc2)c2ccccc12. The number of thioether (sulfide) groups is 1. The fourth-order valence-electron chi connectivity index (χ4n) is 3.01. The van der Waals surface area contributed by atoms with Crippen LogP contribution in [-0.2, 0) is 11.3 Å². The van der Waals surface area contributed by atoms with Crippen molar-refractivity contribution in [3.63, 3.8) is 0 Å². The molecule has 1 fully saturated rings. The van der Waals surface area contributed by atoms with E-state index < -0.39 is 4.92 Å². The molecule has 2 heterocycles. The van der Waals surface area contributed by atoms with E-state index >= 15 is 0 Å². The largest absolute Gasteiger partial charge is 0.342 e. The van der Waals surface area contributed by atoms with Crippen LogP contribution in [0.25, 0.3) is 10.9 Å². The van der Waals surface area contributed by atoms with Crippen molar-refractivity contribution < 1.29 is 9.72 Å². The number of nitrogens with zero attached hydrogens (tertiary/aromatic N) is 4. The zero-order valence-corrected chi connectivity index (χ0v) is 16.2. The number of hydrogen-bond acceptors (Lipinski definition) is 6. The van der Waals surface area contributed by atoms with E-state index in [4.69, 9.17) is 12.2 Å². The number of fused-ring (bicyclic) bond motifs is 1. The van der Waals surface area contributed by atoms with Gasteiger partial charge in [-0.1, -0.05) is 54.3 Å². The lowest BCUT2D eigenvalue weighted by Crippen LogP contribution is -2.22. The van der Waals surface area contributed by atoms with Crippen LogP contribution in [0.5, 0.6) is 0 Å². The Kier molecular flexibility index (Phi) is 4.93. The number of carbonyl (C=O) groups excluding carboxylic acids is 1. The quantitative estimate of drug-likeness (QED) is 0.277. The van der Waals surface area contributed by atoms with Crippen LogP contribution in [0, 0.1) is 10.1 Å². The summed E-state index contributed by atoms with van der Waals surface area (Å²) in [5.41, 5.74) is 2.89. The highest BCUT2D eigenvalue weighted by atomic mass is 32.2. The number of carbonyl (C=O) groups is 1. The molecule has 1 aliphatic rings. The zero-order valence-electron chi connectivity index (χ0n) is 14.5. The number of thiocarbonyl (C=S) groups is 1. The lowest BCUT2D eigenvalue weighted by molar-refractivity contribution is -0.384. The fraction of sp³-hybridized carbons (Fsp3) is 0.105. The minimum atomic E-state index is -0.411. The van der Waals surface area contributed by atoms with Crippen LogP contribution in [-0.4, -0.2) is 36.7 Å². The average Bonchev–Trinajstić information content (AvgIpc) is 3.20. The van der Waals surface area contributed by atoms with Crippen LogP contribution in [0.15, 0.2) is 59.8 Å². The molecule has 0 bridgehead atoms. The highest BCUT2D eigenvalue weighted by molar-refractivity contribution is 8.23. The summed E-state index contributed by atoms with van der Waals surface area (Å²) in [4.78, 5) is 22.3. The van der Waals surface area contributed by atoms with E-state index in [0.717, 1.165) is 22.0 Å². The minimum absolute atomic E-state index is 0.0676. The fourth-order valence-corrected chi connectivity index (χ4v) is 3.97. The average molecular weight is 410 g/mol. The molecular weight excluding hydrogens is 396 g/mol. The van der Waals surface area contributed by atoms with Gasteiger partial charge < -0.3 is 4.57 Å². The van der Waals surface area contributed by atoms with Gasteiger partial charge in [-0.3, -0.25) is 14.9 Å². The molecule has 1 amide bonds. The number of aromatic nitrogens is 1. The van der Waals surface area contributed by atoms with Crippen LogP contribution in [0.3, 0.4) is 0 Å². The number of para-hydroxylation sites is 1. The Balaban J connectivity index is 1.65. The second kappa shape index (κ2) is 7.53. The summed E-state index contributed by atoms with van der Waals surface area (Å²) in [6, 6.07) is 14.4. The van der Waals surface area contributed by atoms with E-state index in [1.54, 1.807) is 18.3 Å². The third-order valence-corrected chi connectivity index (χ3v) is 5.70. The Bertz CT molecular complexity index is 1110. The maximum Gasteiger partial charge on any atom is 0.269 e. The van der Waals surface area contributed by atoms with Crippen molar-refractivity contribution in [3.05, 3.63) is 76.0 Å². The van der Waals surface area contributed by atoms with Crippen molar-refractivity contribution in [2.75, 3.05) is 5.75 Å². The summed E-state index contributed by atoms with van der Waals surface area (Å²) in [5, 5.41) is 17.3. The number of non-ortho nitro benzene ring substituents is 1. The third-order valence-electron chi connectivity index (χ3n) is 4.36. The van der Waals surface area contributed by atoms with Crippen LogP contribution in [0.2, 0.25) is 0 Å². The molecule has 1 aliphatic heterocycles. The minimum Gasteiger partial charge on any atom is -0.342 e. The summed E-state index contributed by atoms with van der Waals surface area (Å²) in [6.07, 6.45) is 3.59. The maximum absolute atomic E-state index is 11.8. The number of nitro benzene ring substituents is 1. The molecule has 1 aromatic heterocycles. The van der Waals surface area contributed by atoms with Crippen LogP contribution < -0.4 is 0 Å². The molecular formula is C19H14N4O3S2. The van der Waals surface area contributed by atoms with Gasteiger partial charge in [-0.2, -0.15) is 10.1 Å². The summed E-state index contributed by atoms with van der Waals surface area (Å²) in [5.74, 6) is 0.193. The van der Waals surface area contributed by atoms with E-state index in [1.165, 1.54) is 28.9 Å². The van der Waals surface area contributed by atoms with Crippen molar-refractivity contribution in [1.29, 1.82) is 0 Å². The molecule has 140 valence electrons. The second-order valence-corrected chi connectivity index (χ2v) is 7.77. The van der Waals surface area contributed by atoms with Crippen molar-refractivity contribution in [2.45, 2.75) is 6.54 Å². The van der Waals surface area contributed by atoms with Gasteiger partial charge in [-0.25, -0.2) is 0 Å². The van der Waals surface area contributed by atoms with E-state index in [9.17, 15) is 14.9 Å². The Morgan fingerprint density at radius 2 is 1.96 bits per heavy atom. The van der Waals surface area contributed by atoms with E-state index in [2.05, 4.69) is 9.67 Å². The van der Waals surface area contributed by atoms with E-state index in [1.807, 2.05) is 30.5 Å². The standard InChI is InChI=1S/C19H14N4O3S2/c24-18-12-28-19(27)22(18)20-9-14-11-21(17-4-2-1-3-16(14)17)10-13-5-7-15(8-6-13)23(25)26/h1-9,11H,10,12H2/b20-9-. The first kappa shape index (κ1) is 18.3. The topological polar surface area (TPSA) is 80.7 Å². The molecule has 0 unspecified atom stereocenters. The van der Waals surface area contributed by atoms with Crippen LogP contribution >= 0.6 is 24.0 Å². The maximum atomic E-state index is 11.8. The molecule has 3 aromatic rings. The first-order chi connectivity index (χ1) is 13.5. The summed E-state index contributed by atoms with van der Waals surface area (Å²) in [7, 11) is 0. The number of rotatable bonds is 5. The Morgan fingerprint density at radius 1 is 1.21 bits per heavy atom. The van der Waals surface area contributed by atoms with Gasteiger partial charge in [0.25, 0.3) is 11.6 Å². The molecule has 0 saturated carbocycles. The molecule has 28 heavy (non-hydrogen) atoms. The lowest BCUT2D eigenvalue weighted by Gasteiger charge is -2.05. The van der Waals surface area contributed by atoms with Gasteiger partial charge in [0, 0.05) is 41.3 Å². The summed E-state index contributed by atoms with van der Waals surface area (Å²) in [6.45, 7) is 0.559. The summed E-state index contributed by atoms with van der Waals surface area (Å²) >= 11 is 6.45. The molecule has 0 spiro atoms. The molecule has 2 aromatic carbocycles. The molecule has 1 saturated heterocycles. The predicted molar refractivity (Wildman–Crippen MR) is 114 cm³/mol. The van der Waals surface area contributed by atoms with Crippen LogP contribution in [0.1, 0.15) is 11.1 Å². The molecule has 0 aliphatic carbocycles. The van der Waals surface area contributed by atoms with Crippen LogP contribution in [0.4, 0.5) is 5.69 Å². The van der Waals surface area contributed by atoms with Crippen molar-refractivity contribution >= 4 is 57.0 Å². The molecule has 4 rings (SSSR count). The number of hydrazone groups is 1. The Labute approximate surface area is 169 Å². The van der Waals surface area contributed by atoms with Gasteiger partial charge in [0.15, 0.2) is 4.32 Å². The smallest absolute Gasteiger partial charge is 0.269 e. The van der Waals surface area contributed by atoms with Crippen molar-refractivity contribution in [2.24, 2.45) is 5.10 Å². The number of hydrogen-bond donors (Lipinski definition) is 0. The molecule has 9 heteroatoms. The highest BCUT2D eigenvalue weighted by Gasteiger charge is 2.26. The number of amides is 1. The third kappa shape index (κ3) is 3.54. The number of benzene rings is 2. The Morgan fingerprint density at radius 3 is 2.64 bits per heavy atom. The van der Waals surface area contributed by atoms with Gasteiger partial charge in [-0.15, -0.1) is 0 Å². The van der Waals surface area contributed by atoms with Gasteiger partial charge in [0.05, 0.1) is 16.9 Å². The van der Waals surface area contributed by atoms with E-state index in [-0.39, 0.29) is 11.6 Å². The first-order valence-electron chi connectivity index (χ1n) is 8.38. The number of nitro groups is 1. The van der Waals surface area contributed by atoms with Gasteiger partial charge >= 0.3 is 0 Å². The first-order valence-corrected chi connectivity index (χ1v) is 9.77. The monoisotopic (exact) mass is 410 g/mol. The summed E-state index contributed by atoms with van der Waals surface area (Å²) < 4.78 is 2.51. The van der Waals surface area contributed by atoms with Gasteiger partial charge in [0.2, 0.25) is 0 Å². The van der Waals surface area contributed by atoms with Gasteiger partial charge in [0.1, 0.15) is 0 Å². The predicted octanol–water partition coefficient (Wildman–Crippen LogP) is 3.79. The molecule has 0 atom stereocenters. The highest BCUT2D eigenvalue weighted by Crippen LogP contribution is 2.23. The lowest BCUT2D eigenvalue weighted by atomic mass is 10.2. The van der Waals surface area contributed by atoms with Crippen molar-refractivity contribution in [1.82, 2.24) is 9.58 Å². The molecule has 7 nitrogen and oxygen atoms in total. The Hall–Kier alpha value is -3.04. The zero-order chi connectivity index (χ0) is 19.7. The molecule has 0 N–H and O–H groups in total. The normalized spacial score (nSPS) is 14.5. The molecule has 0 radical (unpaired) electrons.